The summed E-state index contributed by atoms with van der Waals surface area (Å²) in [7, 11) is 0. The fourth-order valence-corrected chi connectivity index (χ4v) is 20.2. The molecule has 0 aromatic heterocycles. The van der Waals surface area contributed by atoms with Crippen LogP contribution in [0.1, 0.15) is 205 Å². The number of hydrogen-bond donors (Lipinski definition) is 0. The first-order valence-corrected chi connectivity index (χ1v) is 25.7. The first-order chi connectivity index (χ1) is 25.7. The lowest BCUT2D eigenvalue weighted by molar-refractivity contribution is -0.0500. The van der Waals surface area contributed by atoms with Gasteiger partial charge < -0.3 is 0 Å². The summed E-state index contributed by atoms with van der Waals surface area (Å²) < 4.78 is 0. The summed E-state index contributed by atoms with van der Waals surface area (Å²) in [4.78, 5) is 0. The summed E-state index contributed by atoms with van der Waals surface area (Å²) >= 11 is 0. The van der Waals surface area contributed by atoms with Gasteiger partial charge in [-0.05, 0) is 208 Å². The van der Waals surface area contributed by atoms with Crippen LogP contribution in [0.3, 0.4) is 0 Å². The Bertz CT molecular complexity index is 1190. The normalized spacial score (nSPS) is 55.3. The lowest BCUT2D eigenvalue weighted by Gasteiger charge is -2.54. The molecule has 0 spiro atoms. The molecule has 19 unspecified atom stereocenters. The fourth-order valence-electron chi connectivity index (χ4n) is 20.2. The van der Waals surface area contributed by atoms with Gasteiger partial charge in [-0.3, -0.25) is 0 Å². The molecule has 0 N–H and O–H groups in total. The molecule has 0 bridgehead atoms. The van der Waals surface area contributed by atoms with Crippen molar-refractivity contribution in [2.75, 3.05) is 0 Å². The molecule has 0 amide bonds. The van der Waals surface area contributed by atoms with Gasteiger partial charge in [0.05, 0.1) is 0 Å². The van der Waals surface area contributed by atoms with Crippen LogP contribution in [0.4, 0.5) is 0 Å². The van der Waals surface area contributed by atoms with Crippen molar-refractivity contribution in [3.8, 4) is 0 Å². The molecular weight excluding hydrogens is 625 g/mol. The molecule has 11 aliphatic carbocycles. The van der Waals surface area contributed by atoms with Crippen LogP contribution in [0.15, 0.2) is 0 Å². The van der Waals surface area contributed by atoms with Crippen LogP contribution in [0, 0.1) is 118 Å². The molecule has 0 aliphatic heterocycles. The molecule has 11 aliphatic rings. The lowest BCUT2D eigenvalue weighted by atomic mass is 9.51. The predicted octanol–water partition coefficient (Wildman–Crippen LogP) is 14.9. The van der Waals surface area contributed by atoms with E-state index in [-0.39, 0.29) is 0 Å². The maximum atomic E-state index is 1.73. The Morgan fingerprint density at radius 1 is 0.154 bits per heavy atom. The minimum absolute atomic E-state index is 1.11. The molecule has 11 saturated carbocycles. The average molecular weight is 709 g/mol. The Hall–Kier alpha value is 0. The second kappa shape index (κ2) is 15.1. The van der Waals surface area contributed by atoms with E-state index in [9.17, 15) is 0 Å². The van der Waals surface area contributed by atoms with E-state index in [1.807, 2.05) is 0 Å². The van der Waals surface area contributed by atoms with E-state index in [1.54, 1.807) is 205 Å². The van der Waals surface area contributed by atoms with E-state index in [2.05, 4.69) is 0 Å². The second-order valence-corrected chi connectivity index (χ2v) is 23.8. The maximum absolute atomic E-state index is 1.73. The van der Waals surface area contributed by atoms with Crippen LogP contribution in [0.5, 0.6) is 0 Å². The molecule has 0 nitrogen and oxygen atoms in total. The van der Waals surface area contributed by atoms with E-state index in [1.165, 1.54) is 0 Å². The molecule has 0 aromatic rings. The van der Waals surface area contributed by atoms with E-state index in [4.69, 9.17) is 0 Å². The minimum Gasteiger partial charge on any atom is -0.0533 e. The van der Waals surface area contributed by atoms with Crippen molar-refractivity contribution in [3.63, 3.8) is 0 Å². The van der Waals surface area contributed by atoms with Gasteiger partial charge in [-0.2, -0.15) is 0 Å². The maximum Gasteiger partial charge on any atom is -0.0323 e. The average Bonchev–Trinajstić information content (AvgIpc) is 3.77. The number of rotatable bonds is 4. The van der Waals surface area contributed by atoms with Crippen LogP contribution in [-0.4, -0.2) is 0 Å². The van der Waals surface area contributed by atoms with Gasteiger partial charge in [0.2, 0.25) is 0 Å². The molecule has 292 valence electrons. The lowest BCUT2D eigenvalue weighted by Crippen LogP contribution is -2.46. The van der Waals surface area contributed by atoms with Gasteiger partial charge in [0.1, 0.15) is 0 Å². The van der Waals surface area contributed by atoms with Gasteiger partial charge in [-0.1, -0.05) is 116 Å². The zero-order valence-electron chi connectivity index (χ0n) is 34.2. The topological polar surface area (TPSA) is 0 Å². The monoisotopic (exact) mass is 709 g/mol. The number of fused-ring (bicyclic) bond motifs is 8. The van der Waals surface area contributed by atoms with Gasteiger partial charge in [0.15, 0.2) is 0 Å². The summed E-state index contributed by atoms with van der Waals surface area (Å²) in [6, 6.07) is 0. The van der Waals surface area contributed by atoms with Crippen LogP contribution >= 0.6 is 0 Å². The Morgan fingerprint density at radius 3 is 1.33 bits per heavy atom. The van der Waals surface area contributed by atoms with Crippen molar-refractivity contribution in [2.45, 2.75) is 205 Å². The van der Waals surface area contributed by atoms with Gasteiger partial charge in [-0.15, -0.1) is 0 Å². The van der Waals surface area contributed by atoms with Crippen molar-refractivity contribution >= 4 is 0 Å². The molecule has 0 radical (unpaired) electrons. The van der Waals surface area contributed by atoms with Gasteiger partial charge in [0.25, 0.3) is 0 Å². The SMILES string of the molecule is C1CCC(C2CC(C3CCC4CCCCC4C3)CC(C3CC4CC5CC6CCCCC6CC5C4C(C4CCCC5CC6CCCCC6C54)C3)C2)CC1. The van der Waals surface area contributed by atoms with Crippen molar-refractivity contribution in [1.82, 2.24) is 0 Å². The summed E-state index contributed by atoms with van der Waals surface area (Å²) in [5.41, 5.74) is 0. The highest BCUT2D eigenvalue weighted by molar-refractivity contribution is 5.08. The van der Waals surface area contributed by atoms with E-state index in [0.717, 1.165) is 118 Å². The molecule has 11 fully saturated rings. The fraction of sp³-hybridized carbons (Fsp3) is 1.00. The molecule has 0 heteroatoms. The molecule has 52 heavy (non-hydrogen) atoms. The zero-order valence-corrected chi connectivity index (χ0v) is 34.2. The van der Waals surface area contributed by atoms with Crippen molar-refractivity contribution in [1.29, 1.82) is 0 Å². The largest absolute Gasteiger partial charge is 0.0533 e. The molecule has 0 heterocycles. The molecule has 0 aromatic carbocycles. The third-order valence-corrected chi connectivity index (χ3v) is 22.0. The second-order valence-electron chi connectivity index (χ2n) is 23.8. The molecule has 0 saturated heterocycles. The first kappa shape index (κ1) is 35.2. The van der Waals surface area contributed by atoms with Crippen LogP contribution in [0.2, 0.25) is 0 Å². The van der Waals surface area contributed by atoms with Gasteiger partial charge >= 0.3 is 0 Å². The summed E-state index contributed by atoms with van der Waals surface area (Å²) in [5, 5.41) is 0. The van der Waals surface area contributed by atoms with Gasteiger partial charge in [0, 0.05) is 0 Å². The highest BCUT2D eigenvalue weighted by Crippen LogP contribution is 2.67. The Morgan fingerprint density at radius 2 is 0.538 bits per heavy atom. The molecule has 11 rings (SSSR count). The summed E-state index contributed by atoms with van der Waals surface area (Å²) in [5.74, 6) is 22.6. The van der Waals surface area contributed by atoms with Crippen LogP contribution < -0.4 is 0 Å². The van der Waals surface area contributed by atoms with Gasteiger partial charge in [-0.25, -0.2) is 0 Å². The summed E-state index contributed by atoms with van der Waals surface area (Å²) in [6.07, 6.45) is 52.0. The van der Waals surface area contributed by atoms with E-state index in [0.29, 0.717) is 0 Å². The van der Waals surface area contributed by atoms with Crippen LogP contribution in [0.25, 0.3) is 0 Å². The smallest absolute Gasteiger partial charge is 0.0323 e. The zero-order chi connectivity index (χ0) is 34.2. The first-order valence-electron chi connectivity index (χ1n) is 25.7. The van der Waals surface area contributed by atoms with Crippen LogP contribution in [-0.2, 0) is 0 Å². The third kappa shape index (κ3) is 6.49. The predicted molar refractivity (Wildman–Crippen MR) is 218 cm³/mol. The van der Waals surface area contributed by atoms with Crippen molar-refractivity contribution in [2.24, 2.45) is 118 Å². The van der Waals surface area contributed by atoms with E-state index >= 15 is 0 Å². The molecular formula is C52H84. The highest BCUT2D eigenvalue weighted by atomic mass is 14.6. The quantitative estimate of drug-likeness (QED) is 0.273. The Kier molecular flexibility index (Phi) is 10.2. The standard InChI is InChI=1S/C52H84/c1-2-11-33(12-3-1)41-26-42(38-22-21-34-13-4-5-14-35(34)23-38)28-43(27-41)44-29-46-30-45-24-36-15-6-7-16-37(36)31-49(45)52(46)50(32-44)48-20-10-18-40-25-39-17-8-9-19-47(39)51(40)48/h33-52H,1-32H2. The number of hydrogen-bond acceptors (Lipinski definition) is 0. The van der Waals surface area contributed by atoms with E-state index < -0.39 is 0 Å². The highest BCUT2D eigenvalue weighted by Gasteiger charge is 2.59. The Balaban J connectivity index is 0.896. The molecule has 19 atom stereocenters. The van der Waals surface area contributed by atoms with Crippen molar-refractivity contribution < 1.29 is 0 Å². The third-order valence-electron chi connectivity index (χ3n) is 22.0. The van der Waals surface area contributed by atoms with Crippen molar-refractivity contribution in [3.05, 3.63) is 0 Å². The Labute approximate surface area is 322 Å². The minimum atomic E-state index is 1.11. The summed E-state index contributed by atoms with van der Waals surface area (Å²) in [6.45, 7) is 0.